The van der Waals surface area contributed by atoms with Crippen molar-refractivity contribution < 1.29 is 14.0 Å². The number of aryl methyl sites for hydroxylation is 2. The molecule has 1 aromatic rings. The fourth-order valence-corrected chi connectivity index (χ4v) is 3.66. The van der Waals surface area contributed by atoms with Gasteiger partial charge in [0.15, 0.2) is 0 Å². The Bertz CT molecular complexity index is 597. The van der Waals surface area contributed by atoms with Gasteiger partial charge in [-0.2, -0.15) is 0 Å². The van der Waals surface area contributed by atoms with Gasteiger partial charge in [0.2, 0.25) is 17.7 Å². The molecule has 2 N–H and O–H groups in total. The molecule has 2 fully saturated rings. The lowest BCUT2D eigenvalue weighted by Gasteiger charge is -2.20. The molecule has 0 unspecified atom stereocenters. The topological polar surface area (TPSA) is 100 Å². The van der Waals surface area contributed by atoms with Crippen LogP contribution in [0.4, 0.5) is 4.79 Å². The van der Waals surface area contributed by atoms with E-state index in [0.717, 1.165) is 18.8 Å². The number of hydrogen-bond acceptors (Lipinski definition) is 5. The minimum atomic E-state index is -0.0640. The summed E-state index contributed by atoms with van der Waals surface area (Å²) in [6, 6.07) is -0.0640. The van der Waals surface area contributed by atoms with E-state index in [1.165, 1.54) is 32.1 Å². The Morgan fingerprint density at radius 3 is 2.69 bits per heavy atom. The van der Waals surface area contributed by atoms with E-state index in [2.05, 4.69) is 20.8 Å². The first-order valence-electron chi connectivity index (χ1n) is 9.81. The number of aromatic nitrogens is 2. The van der Waals surface area contributed by atoms with Gasteiger partial charge in [-0.05, 0) is 12.3 Å². The molecule has 26 heavy (non-hydrogen) atoms. The molecule has 2 heterocycles. The van der Waals surface area contributed by atoms with Gasteiger partial charge in [0.25, 0.3) is 0 Å². The average molecular weight is 363 g/mol. The predicted octanol–water partition coefficient (Wildman–Crippen LogP) is 1.66. The third-order valence-electron chi connectivity index (χ3n) is 5.21. The molecule has 8 heteroatoms. The van der Waals surface area contributed by atoms with Gasteiger partial charge in [-0.15, -0.1) is 10.2 Å². The number of urea groups is 1. The van der Waals surface area contributed by atoms with Crippen LogP contribution in [0.5, 0.6) is 0 Å². The quantitative estimate of drug-likeness (QED) is 0.695. The highest BCUT2D eigenvalue weighted by molar-refractivity contribution is 5.77. The van der Waals surface area contributed by atoms with Crippen LogP contribution in [0.25, 0.3) is 0 Å². The maximum absolute atomic E-state index is 11.9. The van der Waals surface area contributed by atoms with Crippen molar-refractivity contribution in [3.05, 3.63) is 11.8 Å². The second-order valence-electron chi connectivity index (χ2n) is 7.20. The highest BCUT2D eigenvalue weighted by atomic mass is 16.4. The summed E-state index contributed by atoms with van der Waals surface area (Å²) in [5, 5.41) is 13.7. The van der Waals surface area contributed by atoms with Crippen molar-refractivity contribution in [2.75, 3.05) is 26.2 Å². The van der Waals surface area contributed by atoms with Crippen LogP contribution in [0.3, 0.4) is 0 Å². The van der Waals surface area contributed by atoms with Crippen LogP contribution in [-0.4, -0.2) is 53.2 Å². The Morgan fingerprint density at radius 2 is 1.96 bits per heavy atom. The van der Waals surface area contributed by atoms with Gasteiger partial charge in [-0.25, -0.2) is 4.79 Å². The zero-order valence-electron chi connectivity index (χ0n) is 15.3. The SMILES string of the molecule is O=C(CCc1nnc(CCC2CCCCC2)o1)NCCN1CCNC1=O. The Hall–Kier alpha value is -2.12. The van der Waals surface area contributed by atoms with Crippen LogP contribution >= 0.6 is 0 Å². The number of hydrogen-bond donors (Lipinski definition) is 2. The first-order valence-corrected chi connectivity index (χ1v) is 9.81. The van der Waals surface area contributed by atoms with Crippen molar-refractivity contribution in [1.82, 2.24) is 25.7 Å². The molecule has 1 aliphatic heterocycles. The van der Waals surface area contributed by atoms with E-state index < -0.39 is 0 Å². The molecule has 1 saturated carbocycles. The van der Waals surface area contributed by atoms with Gasteiger partial charge in [0.1, 0.15) is 0 Å². The number of amides is 3. The summed E-state index contributed by atoms with van der Waals surface area (Å²) in [7, 11) is 0. The van der Waals surface area contributed by atoms with Crippen molar-refractivity contribution >= 4 is 11.9 Å². The van der Waals surface area contributed by atoms with Crippen LogP contribution < -0.4 is 10.6 Å². The summed E-state index contributed by atoms with van der Waals surface area (Å²) in [6.45, 7) is 2.36. The highest BCUT2D eigenvalue weighted by Gasteiger charge is 2.19. The molecule has 2 aliphatic rings. The van der Waals surface area contributed by atoms with Crippen molar-refractivity contribution in [2.45, 2.75) is 57.8 Å². The molecule has 0 aromatic carbocycles. The summed E-state index contributed by atoms with van der Waals surface area (Å²) >= 11 is 0. The number of carbonyl (C=O) groups is 2. The minimum Gasteiger partial charge on any atom is -0.425 e. The second-order valence-corrected chi connectivity index (χ2v) is 7.20. The van der Waals surface area contributed by atoms with Gasteiger partial charge in [0, 0.05) is 45.4 Å². The van der Waals surface area contributed by atoms with Crippen molar-refractivity contribution in [2.24, 2.45) is 5.92 Å². The van der Waals surface area contributed by atoms with Gasteiger partial charge in [-0.3, -0.25) is 4.79 Å². The second kappa shape index (κ2) is 9.54. The molecule has 8 nitrogen and oxygen atoms in total. The lowest BCUT2D eigenvalue weighted by Crippen LogP contribution is -2.36. The zero-order chi connectivity index (χ0) is 18.2. The number of carbonyl (C=O) groups excluding carboxylic acids is 2. The third-order valence-corrected chi connectivity index (χ3v) is 5.21. The van der Waals surface area contributed by atoms with Crippen LogP contribution in [0.1, 0.15) is 56.7 Å². The Morgan fingerprint density at radius 1 is 1.19 bits per heavy atom. The lowest BCUT2D eigenvalue weighted by molar-refractivity contribution is -0.121. The van der Waals surface area contributed by atoms with Crippen LogP contribution in [0.15, 0.2) is 4.42 Å². The van der Waals surface area contributed by atoms with E-state index in [0.29, 0.717) is 50.8 Å². The van der Waals surface area contributed by atoms with Crippen LogP contribution in [-0.2, 0) is 17.6 Å². The number of nitrogens with one attached hydrogen (secondary N) is 2. The number of rotatable bonds is 9. The average Bonchev–Trinajstić information content (AvgIpc) is 3.28. The molecular formula is C18H29N5O3. The molecule has 3 amide bonds. The minimum absolute atomic E-state index is 0.0634. The van der Waals surface area contributed by atoms with E-state index in [1.807, 2.05) is 0 Å². The summed E-state index contributed by atoms with van der Waals surface area (Å²) in [6.07, 6.45) is 9.42. The summed E-state index contributed by atoms with van der Waals surface area (Å²) < 4.78 is 5.66. The predicted molar refractivity (Wildman–Crippen MR) is 95.5 cm³/mol. The Balaban J connectivity index is 1.29. The fraction of sp³-hybridized carbons (Fsp3) is 0.778. The summed E-state index contributed by atoms with van der Waals surface area (Å²) in [5.74, 6) is 1.94. The van der Waals surface area contributed by atoms with Gasteiger partial charge < -0.3 is 20.0 Å². The normalized spacial score (nSPS) is 18.2. The zero-order valence-corrected chi connectivity index (χ0v) is 15.3. The molecule has 0 bridgehead atoms. The Kier molecular flexibility index (Phi) is 6.85. The molecule has 0 spiro atoms. The van der Waals surface area contributed by atoms with Crippen molar-refractivity contribution in [1.29, 1.82) is 0 Å². The van der Waals surface area contributed by atoms with Gasteiger partial charge >= 0.3 is 6.03 Å². The van der Waals surface area contributed by atoms with E-state index in [9.17, 15) is 9.59 Å². The van der Waals surface area contributed by atoms with Crippen molar-refractivity contribution in [3.8, 4) is 0 Å². The van der Waals surface area contributed by atoms with E-state index in [1.54, 1.807) is 4.90 Å². The molecule has 1 saturated heterocycles. The highest BCUT2D eigenvalue weighted by Crippen LogP contribution is 2.27. The van der Waals surface area contributed by atoms with Gasteiger partial charge in [-0.1, -0.05) is 32.1 Å². The summed E-state index contributed by atoms with van der Waals surface area (Å²) in [5.41, 5.74) is 0. The molecular weight excluding hydrogens is 334 g/mol. The van der Waals surface area contributed by atoms with Crippen LogP contribution in [0, 0.1) is 5.92 Å². The molecule has 0 atom stereocenters. The van der Waals surface area contributed by atoms with E-state index in [4.69, 9.17) is 4.42 Å². The van der Waals surface area contributed by atoms with Gasteiger partial charge in [0.05, 0.1) is 0 Å². The molecule has 1 aromatic heterocycles. The standard InChI is InChI=1S/C18H29N5O3/c24-15(19-10-12-23-13-11-20-18(23)25)7-9-17-22-21-16(26-17)8-6-14-4-2-1-3-5-14/h14H,1-13H2,(H,19,24)(H,20,25). The first-order chi connectivity index (χ1) is 12.7. The van der Waals surface area contributed by atoms with E-state index >= 15 is 0 Å². The van der Waals surface area contributed by atoms with Crippen molar-refractivity contribution in [3.63, 3.8) is 0 Å². The summed E-state index contributed by atoms with van der Waals surface area (Å²) in [4.78, 5) is 25.0. The molecule has 0 radical (unpaired) electrons. The molecule has 3 rings (SSSR count). The smallest absolute Gasteiger partial charge is 0.317 e. The third kappa shape index (κ3) is 5.71. The first kappa shape index (κ1) is 18.7. The molecule has 1 aliphatic carbocycles. The van der Waals surface area contributed by atoms with E-state index in [-0.39, 0.29) is 11.9 Å². The maximum Gasteiger partial charge on any atom is 0.317 e. The number of nitrogens with zero attached hydrogens (tertiary/aromatic N) is 3. The fourth-order valence-electron chi connectivity index (χ4n) is 3.66. The van der Waals surface area contributed by atoms with Crippen LogP contribution in [0.2, 0.25) is 0 Å². The lowest BCUT2D eigenvalue weighted by atomic mass is 9.86. The largest absolute Gasteiger partial charge is 0.425 e. The molecule has 144 valence electrons. The Labute approximate surface area is 154 Å². The monoisotopic (exact) mass is 363 g/mol. The maximum atomic E-state index is 11.9.